The summed E-state index contributed by atoms with van der Waals surface area (Å²) in [7, 11) is 1.63. The Balaban J connectivity index is 1.71. The number of hydrogen-bond acceptors (Lipinski definition) is 4. The van der Waals surface area contributed by atoms with Gasteiger partial charge in [-0.2, -0.15) is 0 Å². The van der Waals surface area contributed by atoms with E-state index in [4.69, 9.17) is 19.3 Å². The summed E-state index contributed by atoms with van der Waals surface area (Å²) in [6.45, 7) is 1.69. The molecule has 6 heteroatoms. The van der Waals surface area contributed by atoms with Gasteiger partial charge >= 0.3 is 5.97 Å². The van der Waals surface area contributed by atoms with E-state index in [1.54, 1.807) is 7.11 Å². The maximum Gasteiger partial charge on any atom is 0.341 e. The topological polar surface area (TPSA) is 65.0 Å². The van der Waals surface area contributed by atoms with Gasteiger partial charge in [-0.05, 0) is 59.5 Å². The van der Waals surface area contributed by atoms with Crippen LogP contribution in [0.3, 0.4) is 0 Å². The van der Waals surface area contributed by atoms with E-state index >= 15 is 0 Å². The van der Waals surface area contributed by atoms with Crippen LogP contribution in [-0.2, 0) is 11.4 Å². The van der Waals surface area contributed by atoms with Crippen molar-refractivity contribution >= 4 is 5.97 Å². The molecule has 0 unspecified atom stereocenters. The first-order valence-electron chi connectivity index (χ1n) is 8.97. The third-order valence-corrected chi connectivity index (χ3v) is 4.34. The molecule has 5 nitrogen and oxygen atoms in total. The number of methoxy groups -OCH3 is 1. The summed E-state index contributed by atoms with van der Waals surface area (Å²) >= 11 is 0. The lowest BCUT2D eigenvalue weighted by Crippen LogP contribution is -2.10. The molecule has 3 aromatic carbocycles. The van der Waals surface area contributed by atoms with Crippen molar-refractivity contribution in [2.45, 2.75) is 13.5 Å². The van der Waals surface area contributed by atoms with Crippen LogP contribution in [0.15, 0.2) is 60.7 Å². The van der Waals surface area contributed by atoms with E-state index in [9.17, 15) is 9.18 Å². The molecule has 0 aliphatic heterocycles. The highest BCUT2D eigenvalue weighted by molar-refractivity contribution is 5.69. The number of carboxylic acid groups (broad SMARTS) is 1. The van der Waals surface area contributed by atoms with Crippen molar-refractivity contribution < 1.29 is 28.5 Å². The van der Waals surface area contributed by atoms with Crippen LogP contribution in [0.25, 0.3) is 11.1 Å². The van der Waals surface area contributed by atoms with Crippen molar-refractivity contribution in [1.29, 1.82) is 0 Å². The van der Waals surface area contributed by atoms with Crippen molar-refractivity contribution in [2.24, 2.45) is 0 Å². The summed E-state index contributed by atoms with van der Waals surface area (Å²) in [6, 6.07) is 17.9. The van der Waals surface area contributed by atoms with Crippen LogP contribution in [0.2, 0.25) is 0 Å². The smallest absolute Gasteiger partial charge is 0.341 e. The van der Waals surface area contributed by atoms with Gasteiger partial charge in [0.05, 0.1) is 7.11 Å². The lowest BCUT2D eigenvalue weighted by Gasteiger charge is -2.12. The van der Waals surface area contributed by atoms with E-state index in [0.29, 0.717) is 5.75 Å². The van der Waals surface area contributed by atoms with Crippen LogP contribution in [-0.4, -0.2) is 24.8 Å². The van der Waals surface area contributed by atoms with Crippen LogP contribution in [0, 0.1) is 12.7 Å². The molecular formula is C23H21FO5. The Morgan fingerprint density at radius 3 is 2.52 bits per heavy atom. The second-order valence-corrected chi connectivity index (χ2v) is 6.44. The van der Waals surface area contributed by atoms with Gasteiger partial charge in [0.2, 0.25) is 0 Å². The van der Waals surface area contributed by atoms with Crippen LogP contribution in [0.4, 0.5) is 4.39 Å². The molecular weight excluding hydrogens is 375 g/mol. The Kier molecular flexibility index (Phi) is 6.34. The van der Waals surface area contributed by atoms with Gasteiger partial charge in [-0.15, -0.1) is 0 Å². The molecule has 0 atom stereocenters. The number of ether oxygens (including phenoxy) is 3. The zero-order valence-corrected chi connectivity index (χ0v) is 16.1. The molecule has 0 saturated heterocycles. The predicted molar refractivity (Wildman–Crippen MR) is 107 cm³/mol. The molecule has 0 heterocycles. The lowest BCUT2D eigenvalue weighted by molar-refractivity contribution is -0.139. The standard InChI is InChI=1S/C23H21FO5/c1-15-6-7-18(27-2)11-20(15)17-5-3-4-16(10-17)13-28-19-8-9-22(21(24)12-19)29-14-23(25)26/h3-12H,13-14H2,1-2H3,(H,25,26). The maximum absolute atomic E-state index is 14.0. The number of aliphatic carboxylic acids is 1. The minimum Gasteiger partial charge on any atom is -0.497 e. The first-order chi connectivity index (χ1) is 14.0. The van der Waals surface area contributed by atoms with Gasteiger partial charge in [-0.3, -0.25) is 0 Å². The highest BCUT2D eigenvalue weighted by atomic mass is 19.1. The second-order valence-electron chi connectivity index (χ2n) is 6.44. The van der Waals surface area contributed by atoms with Crippen molar-refractivity contribution in [3.8, 4) is 28.4 Å². The largest absolute Gasteiger partial charge is 0.497 e. The van der Waals surface area contributed by atoms with Crippen molar-refractivity contribution in [1.82, 2.24) is 0 Å². The number of benzene rings is 3. The minimum atomic E-state index is -1.17. The maximum atomic E-state index is 14.0. The zero-order valence-electron chi connectivity index (χ0n) is 16.1. The van der Waals surface area contributed by atoms with E-state index in [0.717, 1.165) is 28.0 Å². The molecule has 0 bridgehead atoms. The fourth-order valence-corrected chi connectivity index (χ4v) is 2.86. The van der Waals surface area contributed by atoms with Gasteiger partial charge in [0.15, 0.2) is 18.2 Å². The zero-order chi connectivity index (χ0) is 20.8. The molecule has 0 aliphatic carbocycles. The number of aryl methyl sites for hydroxylation is 1. The van der Waals surface area contributed by atoms with Crippen LogP contribution >= 0.6 is 0 Å². The van der Waals surface area contributed by atoms with Gasteiger partial charge in [0.1, 0.15) is 18.1 Å². The van der Waals surface area contributed by atoms with E-state index < -0.39 is 18.4 Å². The average molecular weight is 396 g/mol. The van der Waals surface area contributed by atoms with Crippen LogP contribution < -0.4 is 14.2 Å². The summed E-state index contributed by atoms with van der Waals surface area (Å²) in [5.41, 5.74) is 4.16. The quantitative estimate of drug-likeness (QED) is 0.590. The third kappa shape index (κ3) is 5.25. The highest BCUT2D eigenvalue weighted by Crippen LogP contribution is 2.29. The fourth-order valence-electron chi connectivity index (χ4n) is 2.86. The fraction of sp³-hybridized carbons (Fsp3) is 0.174. The lowest BCUT2D eigenvalue weighted by atomic mass is 9.99. The monoisotopic (exact) mass is 396 g/mol. The molecule has 0 fully saturated rings. The molecule has 0 saturated carbocycles. The molecule has 3 rings (SSSR count). The van der Waals surface area contributed by atoms with E-state index in [-0.39, 0.29) is 12.4 Å². The number of halogens is 1. The number of rotatable bonds is 8. The first kappa shape index (κ1) is 20.2. The van der Waals surface area contributed by atoms with E-state index in [1.807, 2.05) is 49.4 Å². The SMILES string of the molecule is COc1ccc(C)c(-c2cccc(COc3ccc(OCC(=O)O)c(F)c3)c2)c1. The molecule has 3 aromatic rings. The van der Waals surface area contributed by atoms with Crippen molar-refractivity contribution in [2.75, 3.05) is 13.7 Å². The summed E-state index contributed by atoms with van der Waals surface area (Å²) in [6.07, 6.45) is 0. The molecule has 0 aliphatic rings. The Bertz CT molecular complexity index is 1020. The molecule has 0 spiro atoms. The Labute approximate surface area is 168 Å². The van der Waals surface area contributed by atoms with E-state index in [2.05, 4.69) is 0 Å². The Morgan fingerprint density at radius 2 is 1.79 bits per heavy atom. The van der Waals surface area contributed by atoms with Crippen LogP contribution in [0.1, 0.15) is 11.1 Å². The molecule has 0 radical (unpaired) electrons. The molecule has 0 amide bonds. The van der Waals surface area contributed by atoms with Crippen molar-refractivity contribution in [3.63, 3.8) is 0 Å². The third-order valence-electron chi connectivity index (χ3n) is 4.34. The molecule has 29 heavy (non-hydrogen) atoms. The number of carbonyl (C=O) groups is 1. The second kappa shape index (κ2) is 9.10. The van der Waals surface area contributed by atoms with Gasteiger partial charge in [-0.25, -0.2) is 9.18 Å². The summed E-state index contributed by atoms with van der Waals surface area (Å²) in [4.78, 5) is 10.5. The van der Waals surface area contributed by atoms with Gasteiger partial charge in [0, 0.05) is 6.07 Å². The van der Waals surface area contributed by atoms with Crippen LogP contribution in [0.5, 0.6) is 17.2 Å². The normalized spacial score (nSPS) is 10.4. The Morgan fingerprint density at radius 1 is 1.00 bits per heavy atom. The summed E-state index contributed by atoms with van der Waals surface area (Å²) < 4.78 is 29.9. The highest BCUT2D eigenvalue weighted by Gasteiger charge is 2.09. The number of carboxylic acids is 1. The summed E-state index contributed by atoms with van der Waals surface area (Å²) in [5.74, 6) is -0.864. The van der Waals surface area contributed by atoms with Gasteiger partial charge in [0.25, 0.3) is 0 Å². The number of hydrogen-bond donors (Lipinski definition) is 1. The van der Waals surface area contributed by atoms with Gasteiger partial charge in [-0.1, -0.05) is 24.3 Å². The van der Waals surface area contributed by atoms with E-state index in [1.165, 1.54) is 18.2 Å². The average Bonchev–Trinajstić information content (AvgIpc) is 2.72. The first-order valence-corrected chi connectivity index (χ1v) is 8.97. The summed E-state index contributed by atoms with van der Waals surface area (Å²) in [5, 5.41) is 8.60. The molecule has 1 N–H and O–H groups in total. The van der Waals surface area contributed by atoms with Crippen molar-refractivity contribution in [3.05, 3.63) is 77.6 Å². The minimum absolute atomic E-state index is 0.129. The molecule has 150 valence electrons. The Hall–Kier alpha value is -3.54. The van der Waals surface area contributed by atoms with Gasteiger partial charge < -0.3 is 19.3 Å². The molecule has 0 aromatic heterocycles. The predicted octanol–water partition coefficient (Wildman–Crippen LogP) is 4.85.